The van der Waals surface area contributed by atoms with E-state index < -0.39 is 5.41 Å². The summed E-state index contributed by atoms with van der Waals surface area (Å²) in [5, 5.41) is 0. The van der Waals surface area contributed by atoms with Gasteiger partial charge in [0.2, 0.25) is 0 Å². The first-order valence-electron chi connectivity index (χ1n) is 11.0. The van der Waals surface area contributed by atoms with E-state index in [1.54, 1.807) is 0 Å². The predicted octanol–water partition coefficient (Wildman–Crippen LogP) is 6.61. The Labute approximate surface area is 161 Å². The number of hydrogen-bond donors (Lipinski definition) is 0. The van der Waals surface area contributed by atoms with Gasteiger partial charge in [-0.15, -0.1) is 0 Å². The molecular weight excluding hydrogens is 324 g/mol. The molecule has 0 radical (unpaired) electrons. The average Bonchev–Trinajstić information content (AvgIpc) is 2.59. The van der Waals surface area contributed by atoms with Crippen molar-refractivity contribution in [3.8, 4) is 0 Å². The van der Waals surface area contributed by atoms with Crippen LogP contribution >= 0.6 is 0 Å². The molecule has 3 heteroatoms. The molecule has 26 heavy (non-hydrogen) atoms. The van der Waals surface area contributed by atoms with Gasteiger partial charge in [0, 0.05) is 6.42 Å². The predicted molar refractivity (Wildman–Crippen MR) is 109 cm³/mol. The fourth-order valence-electron chi connectivity index (χ4n) is 3.76. The van der Waals surface area contributed by atoms with Crippen molar-refractivity contribution in [3.63, 3.8) is 0 Å². The van der Waals surface area contributed by atoms with Gasteiger partial charge >= 0.3 is 0 Å². The second-order valence-electron chi connectivity index (χ2n) is 7.83. The zero-order chi connectivity index (χ0) is 19.8. The topological polar surface area (TPSA) is 51.2 Å². The van der Waals surface area contributed by atoms with E-state index in [4.69, 9.17) is 0 Å². The van der Waals surface area contributed by atoms with Gasteiger partial charge in [-0.05, 0) is 26.7 Å². The highest BCUT2D eigenvalue weighted by atomic mass is 16.2. The number of rotatable bonds is 18. The maximum absolute atomic E-state index is 12.8. The van der Waals surface area contributed by atoms with Gasteiger partial charge < -0.3 is 0 Å². The normalized spacial score (nSPS) is 11.5. The lowest BCUT2D eigenvalue weighted by Crippen LogP contribution is -2.44. The van der Waals surface area contributed by atoms with Gasteiger partial charge in [-0.25, -0.2) is 0 Å². The summed E-state index contributed by atoms with van der Waals surface area (Å²) in [5.41, 5.74) is -1.37. The van der Waals surface area contributed by atoms with Crippen molar-refractivity contribution in [2.75, 3.05) is 0 Å². The number of hydrogen-bond acceptors (Lipinski definition) is 3. The third kappa shape index (κ3) is 9.09. The van der Waals surface area contributed by atoms with Crippen molar-refractivity contribution >= 4 is 17.3 Å². The molecule has 0 N–H and O–H groups in total. The second kappa shape index (κ2) is 15.1. The fraction of sp³-hybridized carbons (Fsp3) is 0.870. The Bertz CT molecular complexity index is 398. The summed E-state index contributed by atoms with van der Waals surface area (Å²) < 4.78 is 0. The second-order valence-corrected chi connectivity index (χ2v) is 7.83. The number of unbranched alkanes of at least 4 members (excludes halogenated alkanes) is 11. The highest BCUT2D eigenvalue weighted by Crippen LogP contribution is 2.31. The Hall–Kier alpha value is -0.990. The molecule has 0 fully saturated rings. The summed E-state index contributed by atoms with van der Waals surface area (Å²) in [6.45, 7) is 7.22. The van der Waals surface area contributed by atoms with Gasteiger partial charge in [-0.2, -0.15) is 0 Å². The summed E-state index contributed by atoms with van der Waals surface area (Å²) in [6.07, 6.45) is 15.2. The first-order chi connectivity index (χ1) is 12.4. The Morgan fingerprint density at radius 1 is 0.577 bits per heavy atom. The van der Waals surface area contributed by atoms with Crippen LogP contribution in [-0.2, 0) is 14.4 Å². The minimum absolute atomic E-state index is 0.139. The summed E-state index contributed by atoms with van der Waals surface area (Å²) >= 11 is 0. The Morgan fingerprint density at radius 2 is 0.962 bits per heavy atom. The molecule has 0 unspecified atom stereocenters. The molecule has 0 spiro atoms. The maximum atomic E-state index is 12.8. The molecule has 3 nitrogen and oxygen atoms in total. The maximum Gasteiger partial charge on any atom is 0.153 e. The summed E-state index contributed by atoms with van der Waals surface area (Å²) in [6, 6.07) is 0. The molecule has 0 saturated heterocycles. The average molecular weight is 367 g/mol. The van der Waals surface area contributed by atoms with Gasteiger partial charge in [0.1, 0.15) is 5.41 Å². The quantitative estimate of drug-likeness (QED) is 0.202. The van der Waals surface area contributed by atoms with Gasteiger partial charge in [0.25, 0.3) is 0 Å². The van der Waals surface area contributed by atoms with Crippen molar-refractivity contribution in [1.82, 2.24) is 0 Å². The molecule has 152 valence electrons. The molecule has 0 aliphatic carbocycles. The third-order valence-electron chi connectivity index (χ3n) is 5.59. The molecule has 0 aromatic heterocycles. The largest absolute Gasteiger partial charge is 0.298 e. The highest BCUT2D eigenvalue weighted by Gasteiger charge is 2.46. The van der Waals surface area contributed by atoms with Crippen LogP contribution in [0.4, 0.5) is 0 Å². The molecule has 0 saturated carbocycles. The van der Waals surface area contributed by atoms with E-state index in [9.17, 15) is 14.4 Å². The molecular formula is C23H42O3. The fourth-order valence-corrected chi connectivity index (χ4v) is 3.76. The van der Waals surface area contributed by atoms with Crippen LogP contribution in [0.5, 0.6) is 0 Å². The minimum atomic E-state index is -1.37. The molecule has 0 aromatic carbocycles. The minimum Gasteiger partial charge on any atom is -0.298 e. The summed E-state index contributed by atoms with van der Waals surface area (Å²) in [5.74, 6) is -0.655. The lowest BCUT2D eigenvalue weighted by Gasteiger charge is -2.27. The van der Waals surface area contributed by atoms with Crippen LogP contribution in [0.15, 0.2) is 0 Å². The van der Waals surface area contributed by atoms with Crippen molar-refractivity contribution in [2.45, 2.75) is 124 Å². The van der Waals surface area contributed by atoms with Crippen LogP contribution in [0.1, 0.15) is 124 Å². The first kappa shape index (κ1) is 25.0. The Balaban J connectivity index is 4.49. The molecule has 0 aliphatic rings. The van der Waals surface area contributed by atoms with Gasteiger partial charge in [-0.3, -0.25) is 14.4 Å². The van der Waals surface area contributed by atoms with E-state index in [1.807, 2.05) is 0 Å². The lowest BCUT2D eigenvalue weighted by atomic mass is 9.71. The first-order valence-corrected chi connectivity index (χ1v) is 11.0. The van der Waals surface area contributed by atoms with E-state index in [2.05, 4.69) is 13.8 Å². The number of ketones is 3. The Kier molecular flexibility index (Phi) is 14.5. The molecule has 0 amide bonds. The number of carbonyl (C=O) groups excluding carboxylic acids is 3. The van der Waals surface area contributed by atoms with Crippen molar-refractivity contribution in [2.24, 2.45) is 5.41 Å². The van der Waals surface area contributed by atoms with Gasteiger partial charge in [-0.1, -0.05) is 90.9 Å². The molecule has 0 bridgehead atoms. The van der Waals surface area contributed by atoms with Crippen molar-refractivity contribution < 1.29 is 14.4 Å². The molecule has 0 aliphatic heterocycles. The van der Waals surface area contributed by atoms with Crippen LogP contribution in [0.3, 0.4) is 0 Å². The smallest absolute Gasteiger partial charge is 0.153 e. The molecule has 0 rings (SSSR count). The van der Waals surface area contributed by atoms with Crippen LogP contribution in [0, 0.1) is 5.41 Å². The third-order valence-corrected chi connectivity index (χ3v) is 5.59. The van der Waals surface area contributed by atoms with E-state index in [0.717, 1.165) is 38.5 Å². The van der Waals surface area contributed by atoms with Crippen molar-refractivity contribution in [1.29, 1.82) is 0 Å². The zero-order valence-corrected chi connectivity index (χ0v) is 17.8. The van der Waals surface area contributed by atoms with Gasteiger partial charge in [0.05, 0.1) is 0 Å². The lowest BCUT2D eigenvalue weighted by molar-refractivity contribution is -0.148. The summed E-state index contributed by atoms with van der Waals surface area (Å²) in [4.78, 5) is 37.4. The van der Waals surface area contributed by atoms with E-state index in [0.29, 0.717) is 12.8 Å². The van der Waals surface area contributed by atoms with E-state index in [-0.39, 0.29) is 17.3 Å². The van der Waals surface area contributed by atoms with Crippen LogP contribution in [0.25, 0.3) is 0 Å². The van der Waals surface area contributed by atoms with Crippen LogP contribution in [-0.4, -0.2) is 17.3 Å². The SMILES string of the molecule is CCCCCCCCCC(=O)C(CCCCCCCC)(C(C)=O)C(C)=O. The van der Waals surface area contributed by atoms with Gasteiger partial charge in [0.15, 0.2) is 17.3 Å². The Morgan fingerprint density at radius 3 is 1.38 bits per heavy atom. The highest BCUT2D eigenvalue weighted by molar-refractivity contribution is 6.23. The van der Waals surface area contributed by atoms with Crippen LogP contribution in [0.2, 0.25) is 0 Å². The molecule has 0 atom stereocenters. The molecule has 0 aromatic rings. The number of Topliss-reactive ketones (excluding diaryl/α,β-unsaturated/α-hetero) is 3. The number of carbonyl (C=O) groups is 3. The standard InChI is InChI=1S/C23H42O3/c1-5-7-9-11-13-14-16-18-22(26)23(20(3)24,21(4)25)19-17-15-12-10-8-6-2/h5-19H2,1-4H3. The van der Waals surface area contributed by atoms with Crippen molar-refractivity contribution in [3.05, 3.63) is 0 Å². The molecule has 0 heterocycles. The van der Waals surface area contributed by atoms with Crippen LogP contribution < -0.4 is 0 Å². The summed E-state index contributed by atoms with van der Waals surface area (Å²) in [7, 11) is 0. The van der Waals surface area contributed by atoms with E-state index in [1.165, 1.54) is 58.8 Å². The van der Waals surface area contributed by atoms with E-state index >= 15 is 0 Å². The monoisotopic (exact) mass is 366 g/mol. The zero-order valence-electron chi connectivity index (χ0n) is 17.8.